The standard InChI is InChI=1S/C16H19FN2O4S/c1-11-9-14(5-6-15(11)17)24(21,22)19-10-16(20)18-8-7-13-4-3-12(2)23-13/h3-6,9,19H,7-8,10H2,1-2H3,(H,18,20). The third kappa shape index (κ3) is 4.90. The molecule has 2 rings (SSSR count). The first-order chi connectivity index (χ1) is 11.3. The van der Waals surface area contributed by atoms with Crippen LogP contribution in [0.25, 0.3) is 0 Å². The number of rotatable bonds is 7. The summed E-state index contributed by atoms with van der Waals surface area (Å²) in [5.41, 5.74) is 0.219. The summed E-state index contributed by atoms with van der Waals surface area (Å²) in [6.45, 7) is 3.24. The van der Waals surface area contributed by atoms with Crippen molar-refractivity contribution in [1.29, 1.82) is 0 Å². The fraction of sp³-hybridized carbons (Fsp3) is 0.312. The van der Waals surface area contributed by atoms with Crippen LogP contribution >= 0.6 is 0 Å². The highest BCUT2D eigenvalue weighted by molar-refractivity contribution is 7.89. The van der Waals surface area contributed by atoms with Gasteiger partial charge in [0.05, 0.1) is 11.4 Å². The molecule has 0 spiro atoms. The Morgan fingerprint density at radius 2 is 1.96 bits per heavy atom. The molecule has 0 atom stereocenters. The van der Waals surface area contributed by atoms with Gasteiger partial charge in [0.1, 0.15) is 17.3 Å². The van der Waals surface area contributed by atoms with E-state index in [9.17, 15) is 17.6 Å². The Balaban J connectivity index is 1.82. The van der Waals surface area contributed by atoms with Crippen molar-refractivity contribution in [3.63, 3.8) is 0 Å². The lowest BCUT2D eigenvalue weighted by molar-refractivity contribution is -0.119. The molecule has 8 heteroatoms. The van der Waals surface area contributed by atoms with Gasteiger partial charge >= 0.3 is 0 Å². The van der Waals surface area contributed by atoms with Gasteiger partial charge in [-0.1, -0.05) is 0 Å². The molecule has 0 aliphatic carbocycles. The molecule has 6 nitrogen and oxygen atoms in total. The van der Waals surface area contributed by atoms with Crippen LogP contribution in [0.3, 0.4) is 0 Å². The average Bonchev–Trinajstić information content (AvgIpc) is 2.93. The molecule has 0 saturated heterocycles. The van der Waals surface area contributed by atoms with Crippen molar-refractivity contribution in [1.82, 2.24) is 10.0 Å². The summed E-state index contributed by atoms with van der Waals surface area (Å²) < 4.78 is 44.9. The van der Waals surface area contributed by atoms with Crippen molar-refractivity contribution in [3.05, 3.63) is 53.2 Å². The highest BCUT2D eigenvalue weighted by Crippen LogP contribution is 2.13. The molecule has 24 heavy (non-hydrogen) atoms. The van der Waals surface area contributed by atoms with Crippen LogP contribution in [0.2, 0.25) is 0 Å². The molecule has 0 bridgehead atoms. The fourth-order valence-electron chi connectivity index (χ4n) is 2.04. The van der Waals surface area contributed by atoms with E-state index < -0.39 is 28.3 Å². The van der Waals surface area contributed by atoms with Gasteiger partial charge < -0.3 is 9.73 Å². The van der Waals surface area contributed by atoms with Crippen LogP contribution in [0.1, 0.15) is 17.1 Å². The van der Waals surface area contributed by atoms with E-state index in [0.717, 1.165) is 23.7 Å². The number of benzene rings is 1. The molecule has 0 unspecified atom stereocenters. The summed E-state index contributed by atoms with van der Waals surface area (Å²) in [5, 5.41) is 2.60. The number of halogens is 1. The molecular weight excluding hydrogens is 335 g/mol. The molecule has 0 saturated carbocycles. The minimum atomic E-state index is -3.86. The van der Waals surface area contributed by atoms with Gasteiger partial charge in [0.2, 0.25) is 15.9 Å². The Kier molecular flexibility index (Phi) is 5.74. The zero-order valence-corrected chi connectivity index (χ0v) is 14.2. The smallest absolute Gasteiger partial charge is 0.241 e. The number of nitrogens with one attached hydrogen (secondary N) is 2. The lowest BCUT2D eigenvalue weighted by atomic mass is 10.2. The zero-order valence-electron chi connectivity index (χ0n) is 13.4. The van der Waals surface area contributed by atoms with Crippen LogP contribution in [0.4, 0.5) is 4.39 Å². The first kappa shape index (κ1) is 18.2. The van der Waals surface area contributed by atoms with Gasteiger partial charge in [0.25, 0.3) is 0 Å². The summed E-state index contributed by atoms with van der Waals surface area (Å²) in [5.74, 6) is 0.592. The van der Waals surface area contributed by atoms with Crippen molar-refractivity contribution < 1.29 is 22.0 Å². The first-order valence-electron chi connectivity index (χ1n) is 7.36. The maximum atomic E-state index is 13.2. The van der Waals surface area contributed by atoms with Crippen LogP contribution in [-0.4, -0.2) is 27.4 Å². The number of carbonyl (C=O) groups is 1. The lowest BCUT2D eigenvalue weighted by Gasteiger charge is -2.08. The summed E-state index contributed by atoms with van der Waals surface area (Å²) in [6.07, 6.45) is 0.517. The minimum absolute atomic E-state index is 0.0831. The van der Waals surface area contributed by atoms with E-state index in [-0.39, 0.29) is 10.5 Å². The predicted octanol–water partition coefficient (Wildman–Crippen LogP) is 1.67. The highest BCUT2D eigenvalue weighted by atomic mass is 32.2. The van der Waals surface area contributed by atoms with E-state index >= 15 is 0 Å². The highest BCUT2D eigenvalue weighted by Gasteiger charge is 2.16. The van der Waals surface area contributed by atoms with Crippen LogP contribution in [-0.2, 0) is 21.2 Å². The fourth-order valence-corrected chi connectivity index (χ4v) is 3.10. The summed E-state index contributed by atoms with van der Waals surface area (Å²) >= 11 is 0. The van der Waals surface area contributed by atoms with E-state index in [0.29, 0.717) is 13.0 Å². The Morgan fingerprint density at radius 1 is 1.21 bits per heavy atom. The molecule has 0 radical (unpaired) electrons. The Hall–Kier alpha value is -2.19. The maximum absolute atomic E-state index is 13.2. The van der Waals surface area contributed by atoms with Crippen LogP contribution in [0, 0.1) is 19.7 Å². The second kappa shape index (κ2) is 7.59. The number of hydrogen-bond donors (Lipinski definition) is 2. The SMILES string of the molecule is Cc1ccc(CCNC(=O)CNS(=O)(=O)c2ccc(F)c(C)c2)o1. The predicted molar refractivity (Wildman–Crippen MR) is 86.5 cm³/mol. The molecule has 1 aromatic carbocycles. The third-order valence-electron chi connectivity index (χ3n) is 3.35. The molecule has 2 N–H and O–H groups in total. The quantitative estimate of drug-likeness (QED) is 0.792. The molecule has 130 valence electrons. The Labute approximate surface area is 140 Å². The van der Waals surface area contributed by atoms with Gasteiger partial charge in [-0.05, 0) is 49.7 Å². The van der Waals surface area contributed by atoms with Gasteiger partial charge in [-0.15, -0.1) is 0 Å². The normalized spacial score (nSPS) is 11.5. The Morgan fingerprint density at radius 3 is 2.58 bits per heavy atom. The lowest BCUT2D eigenvalue weighted by Crippen LogP contribution is -2.37. The Bertz CT molecular complexity index is 830. The zero-order chi connectivity index (χ0) is 17.7. The number of furan rings is 1. The number of sulfonamides is 1. The van der Waals surface area contributed by atoms with E-state index in [4.69, 9.17) is 4.42 Å². The maximum Gasteiger partial charge on any atom is 0.241 e. The number of aryl methyl sites for hydroxylation is 2. The van der Waals surface area contributed by atoms with E-state index in [1.807, 2.05) is 19.1 Å². The van der Waals surface area contributed by atoms with E-state index in [1.54, 1.807) is 0 Å². The topological polar surface area (TPSA) is 88.4 Å². The van der Waals surface area contributed by atoms with Gasteiger partial charge in [0.15, 0.2) is 0 Å². The molecule has 0 fully saturated rings. The first-order valence-corrected chi connectivity index (χ1v) is 8.84. The number of amides is 1. The third-order valence-corrected chi connectivity index (χ3v) is 4.75. The molecule has 1 amide bonds. The minimum Gasteiger partial charge on any atom is -0.466 e. The van der Waals surface area contributed by atoms with Gasteiger partial charge in [-0.3, -0.25) is 4.79 Å². The molecule has 0 aliphatic heterocycles. The van der Waals surface area contributed by atoms with Gasteiger partial charge in [-0.2, -0.15) is 0 Å². The van der Waals surface area contributed by atoms with Crippen molar-refractivity contribution in [3.8, 4) is 0 Å². The molecular formula is C16H19FN2O4S. The summed E-state index contributed by atoms with van der Waals surface area (Å²) in [6, 6.07) is 7.10. The van der Waals surface area contributed by atoms with Crippen LogP contribution in [0.15, 0.2) is 39.6 Å². The summed E-state index contributed by atoms with van der Waals surface area (Å²) in [7, 11) is -3.86. The van der Waals surface area contributed by atoms with Gasteiger partial charge in [0, 0.05) is 13.0 Å². The number of carbonyl (C=O) groups excluding carboxylic acids is 1. The van der Waals surface area contributed by atoms with Crippen molar-refractivity contribution in [2.24, 2.45) is 0 Å². The van der Waals surface area contributed by atoms with E-state index in [1.165, 1.54) is 13.0 Å². The number of hydrogen-bond acceptors (Lipinski definition) is 4. The van der Waals surface area contributed by atoms with Crippen molar-refractivity contribution >= 4 is 15.9 Å². The molecule has 1 heterocycles. The molecule has 0 aliphatic rings. The second-order valence-electron chi connectivity index (χ2n) is 5.35. The van der Waals surface area contributed by atoms with E-state index in [2.05, 4.69) is 10.0 Å². The largest absolute Gasteiger partial charge is 0.466 e. The van der Waals surface area contributed by atoms with Gasteiger partial charge in [-0.25, -0.2) is 17.5 Å². The monoisotopic (exact) mass is 354 g/mol. The van der Waals surface area contributed by atoms with Crippen LogP contribution in [0.5, 0.6) is 0 Å². The van der Waals surface area contributed by atoms with Crippen LogP contribution < -0.4 is 10.0 Å². The van der Waals surface area contributed by atoms with Crippen molar-refractivity contribution in [2.45, 2.75) is 25.2 Å². The summed E-state index contributed by atoms with van der Waals surface area (Å²) in [4.78, 5) is 11.6. The van der Waals surface area contributed by atoms with Crippen molar-refractivity contribution in [2.75, 3.05) is 13.1 Å². The molecule has 1 aromatic heterocycles. The average molecular weight is 354 g/mol. The molecule has 2 aromatic rings. The second-order valence-corrected chi connectivity index (χ2v) is 7.11.